The molecular formula is C21H20Cl2N2O3. The lowest BCUT2D eigenvalue weighted by molar-refractivity contribution is -0.112. The number of benzene rings is 2. The number of nitrogens with zero attached hydrogens (tertiary/aromatic N) is 1. The van der Waals surface area contributed by atoms with Crippen LogP contribution in [0.5, 0.6) is 11.5 Å². The first-order chi connectivity index (χ1) is 13.3. The number of ether oxygens (including phenoxy) is 2. The van der Waals surface area contributed by atoms with Crippen LogP contribution in [0, 0.1) is 17.2 Å². The van der Waals surface area contributed by atoms with Crippen LogP contribution in [0.4, 0.5) is 5.69 Å². The molecule has 0 radical (unpaired) electrons. The maximum Gasteiger partial charge on any atom is 0.266 e. The Labute approximate surface area is 174 Å². The van der Waals surface area contributed by atoms with Gasteiger partial charge in [-0.25, -0.2) is 0 Å². The predicted molar refractivity (Wildman–Crippen MR) is 112 cm³/mol. The number of nitrogens with one attached hydrogen (secondary N) is 1. The van der Waals surface area contributed by atoms with Gasteiger partial charge >= 0.3 is 0 Å². The molecule has 1 N–H and O–H groups in total. The Morgan fingerprint density at radius 2 is 1.86 bits per heavy atom. The molecule has 0 heterocycles. The zero-order valence-corrected chi connectivity index (χ0v) is 17.3. The third kappa shape index (κ3) is 6.19. The highest BCUT2D eigenvalue weighted by atomic mass is 35.5. The van der Waals surface area contributed by atoms with Crippen molar-refractivity contribution in [2.24, 2.45) is 5.92 Å². The summed E-state index contributed by atoms with van der Waals surface area (Å²) in [6.07, 6.45) is 1.48. The molecule has 0 bridgehead atoms. The van der Waals surface area contributed by atoms with E-state index >= 15 is 0 Å². The van der Waals surface area contributed by atoms with E-state index in [9.17, 15) is 10.1 Å². The first-order valence-corrected chi connectivity index (χ1v) is 9.28. The van der Waals surface area contributed by atoms with Crippen molar-refractivity contribution in [2.45, 2.75) is 13.8 Å². The van der Waals surface area contributed by atoms with E-state index in [0.717, 1.165) is 0 Å². The second-order valence-electron chi connectivity index (χ2n) is 6.40. The van der Waals surface area contributed by atoms with Crippen molar-refractivity contribution >= 4 is 40.9 Å². The Balaban J connectivity index is 2.26. The number of hydrogen-bond acceptors (Lipinski definition) is 4. The number of halogens is 2. The van der Waals surface area contributed by atoms with Crippen LogP contribution < -0.4 is 14.8 Å². The molecule has 2 aromatic rings. The summed E-state index contributed by atoms with van der Waals surface area (Å²) in [4.78, 5) is 12.4. The Morgan fingerprint density at radius 1 is 1.18 bits per heavy atom. The van der Waals surface area contributed by atoms with Gasteiger partial charge in [-0.3, -0.25) is 4.79 Å². The maximum atomic E-state index is 12.4. The molecule has 2 aromatic carbocycles. The van der Waals surface area contributed by atoms with Crippen molar-refractivity contribution < 1.29 is 14.3 Å². The van der Waals surface area contributed by atoms with Crippen LogP contribution >= 0.6 is 23.2 Å². The number of anilines is 1. The second-order valence-corrected chi connectivity index (χ2v) is 7.27. The van der Waals surface area contributed by atoms with Crippen LogP contribution in [0.1, 0.15) is 19.4 Å². The highest BCUT2D eigenvalue weighted by molar-refractivity contribution is 6.35. The molecule has 2 rings (SSSR count). The number of nitriles is 1. The quantitative estimate of drug-likeness (QED) is 0.470. The van der Waals surface area contributed by atoms with E-state index in [2.05, 4.69) is 5.32 Å². The average molecular weight is 419 g/mol. The van der Waals surface area contributed by atoms with E-state index in [-0.39, 0.29) is 5.57 Å². The fraction of sp³-hybridized carbons (Fsp3) is 0.238. The van der Waals surface area contributed by atoms with Crippen molar-refractivity contribution in [3.63, 3.8) is 0 Å². The summed E-state index contributed by atoms with van der Waals surface area (Å²) in [5.74, 6) is 0.897. The van der Waals surface area contributed by atoms with Gasteiger partial charge in [0.15, 0.2) is 11.5 Å². The van der Waals surface area contributed by atoms with Gasteiger partial charge in [-0.15, -0.1) is 0 Å². The zero-order valence-electron chi connectivity index (χ0n) is 15.8. The van der Waals surface area contributed by atoms with Crippen LogP contribution in [0.2, 0.25) is 10.0 Å². The third-order valence-electron chi connectivity index (χ3n) is 3.56. The summed E-state index contributed by atoms with van der Waals surface area (Å²) in [6, 6.07) is 11.7. The van der Waals surface area contributed by atoms with E-state index in [1.54, 1.807) is 43.5 Å². The van der Waals surface area contributed by atoms with Crippen LogP contribution in [0.15, 0.2) is 42.0 Å². The Morgan fingerprint density at radius 3 is 2.43 bits per heavy atom. The standard InChI is InChI=1S/C21H20Cl2N2O3/c1-13(2)12-28-20-7-14(4-5-19(20)27-3)6-15(11-24)21(26)25-18-9-16(22)8-17(23)10-18/h4-10,13H,12H2,1-3H3,(H,25,26)/b15-6+. The summed E-state index contributed by atoms with van der Waals surface area (Å²) in [5.41, 5.74) is 0.964. The maximum absolute atomic E-state index is 12.4. The molecule has 0 aliphatic heterocycles. The molecule has 0 aliphatic rings. The molecule has 0 saturated heterocycles. The lowest BCUT2D eigenvalue weighted by atomic mass is 10.1. The molecular weight excluding hydrogens is 399 g/mol. The van der Waals surface area contributed by atoms with Crippen molar-refractivity contribution in [3.05, 3.63) is 57.6 Å². The van der Waals surface area contributed by atoms with Crippen LogP contribution in [-0.4, -0.2) is 19.6 Å². The molecule has 146 valence electrons. The Kier molecular flexibility index (Phi) is 7.74. The highest BCUT2D eigenvalue weighted by Crippen LogP contribution is 2.29. The van der Waals surface area contributed by atoms with Crippen molar-refractivity contribution in [1.82, 2.24) is 0 Å². The highest BCUT2D eigenvalue weighted by Gasteiger charge is 2.12. The van der Waals surface area contributed by atoms with Gasteiger partial charge < -0.3 is 14.8 Å². The largest absolute Gasteiger partial charge is 0.493 e. The fourth-order valence-electron chi connectivity index (χ4n) is 2.29. The van der Waals surface area contributed by atoms with Crippen LogP contribution in [0.3, 0.4) is 0 Å². The molecule has 0 aliphatic carbocycles. The molecule has 0 unspecified atom stereocenters. The first kappa shape index (κ1) is 21.6. The SMILES string of the molecule is COc1ccc(/C=C(\C#N)C(=O)Nc2cc(Cl)cc(Cl)c2)cc1OCC(C)C. The van der Waals surface area contributed by atoms with E-state index in [0.29, 0.717) is 45.3 Å². The zero-order chi connectivity index (χ0) is 20.7. The molecule has 0 atom stereocenters. The van der Waals surface area contributed by atoms with Gasteiger partial charge in [0.05, 0.1) is 13.7 Å². The molecule has 0 saturated carbocycles. The number of carbonyl (C=O) groups is 1. The molecule has 28 heavy (non-hydrogen) atoms. The minimum Gasteiger partial charge on any atom is -0.493 e. The summed E-state index contributed by atoms with van der Waals surface area (Å²) in [6.45, 7) is 4.59. The minimum absolute atomic E-state index is 0.0731. The summed E-state index contributed by atoms with van der Waals surface area (Å²) in [7, 11) is 1.55. The van der Waals surface area contributed by atoms with E-state index < -0.39 is 5.91 Å². The Hall–Kier alpha value is -2.68. The van der Waals surface area contributed by atoms with Crippen molar-refractivity contribution in [1.29, 1.82) is 5.26 Å². The number of carbonyl (C=O) groups excluding carboxylic acids is 1. The van der Waals surface area contributed by atoms with E-state index in [1.165, 1.54) is 6.08 Å². The number of hydrogen-bond donors (Lipinski definition) is 1. The molecule has 5 nitrogen and oxygen atoms in total. The first-order valence-electron chi connectivity index (χ1n) is 8.52. The molecule has 0 fully saturated rings. The normalized spacial score (nSPS) is 11.1. The van der Waals surface area contributed by atoms with Gasteiger partial charge in [-0.2, -0.15) is 5.26 Å². The fourth-order valence-corrected chi connectivity index (χ4v) is 2.82. The molecule has 0 aromatic heterocycles. The summed E-state index contributed by atoms with van der Waals surface area (Å²) in [5, 5.41) is 12.8. The van der Waals surface area contributed by atoms with Crippen molar-refractivity contribution in [2.75, 3.05) is 19.0 Å². The van der Waals surface area contributed by atoms with E-state index in [4.69, 9.17) is 32.7 Å². The van der Waals surface area contributed by atoms with E-state index in [1.807, 2.05) is 19.9 Å². The number of rotatable bonds is 7. The van der Waals surface area contributed by atoms with Gasteiger partial charge in [0.25, 0.3) is 5.91 Å². The lowest BCUT2D eigenvalue weighted by Gasteiger charge is -2.13. The van der Waals surface area contributed by atoms with Crippen LogP contribution in [-0.2, 0) is 4.79 Å². The van der Waals surface area contributed by atoms with Gasteiger partial charge in [0.2, 0.25) is 0 Å². The van der Waals surface area contributed by atoms with Gasteiger partial charge in [-0.1, -0.05) is 43.1 Å². The van der Waals surface area contributed by atoms with Crippen molar-refractivity contribution in [3.8, 4) is 17.6 Å². The monoisotopic (exact) mass is 418 g/mol. The van der Waals surface area contributed by atoms with Crippen LogP contribution in [0.25, 0.3) is 6.08 Å². The average Bonchev–Trinajstić information content (AvgIpc) is 2.63. The predicted octanol–water partition coefficient (Wildman–Crippen LogP) is 5.58. The summed E-state index contributed by atoms with van der Waals surface area (Å²) < 4.78 is 11.1. The number of amides is 1. The van der Waals surface area contributed by atoms with Gasteiger partial charge in [-0.05, 0) is 47.9 Å². The van der Waals surface area contributed by atoms with Gasteiger partial charge in [0, 0.05) is 15.7 Å². The number of methoxy groups -OCH3 is 1. The lowest BCUT2D eigenvalue weighted by Crippen LogP contribution is -2.13. The Bertz CT molecular complexity index is 913. The molecule has 0 spiro atoms. The summed E-state index contributed by atoms with van der Waals surface area (Å²) >= 11 is 11.9. The molecule has 1 amide bonds. The smallest absolute Gasteiger partial charge is 0.266 e. The van der Waals surface area contributed by atoms with Gasteiger partial charge in [0.1, 0.15) is 11.6 Å². The molecule has 7 heteroatoms. The third-order valence-corrected chi connectivity index (χ3v) is 3.99. The second kappa shape index (κ2) is 10.0. The minimum atomic E-state index is -0.568. The topological polar surface area (TPSA) is 71.3 Å².